The summed E-state index contributed by atoms with van der Waals surface area (Å²) in [5.41, 5.74) is 7.10. The molecule has 0 aliphatic heterocycles. The minimum absolute atomic E-state index is 0.0172. The number of H-pyrrole nitrogens is 1. The van der Waals surface area contributed by atoms with Gasteiger partial charge in [0, 0.05) is 30.2 Å². The van der Waals surface area contributed by atoms with Crippen LogP contribution in [0.15, 0.2) is 29.5 Å². The topological polar surface area (TPSA) is 132 Å². The van der Waals surface area contributed by atoms with Crippen LogP contribution in [0.3, 0.4) is 0 Å². The molecule has 3 rings (SSSR count). The number of carbonyl (C=O) groups is 1. The van der Waals surface area contributed by atoms with Gasteiger partial charge in [0.15, 0.2) is 0 Å². The highest BCUT2D eigenvalue weighted by Gasteiger charge is 2.26. The molecule has 130 valence electrons. The number of hydrogen-bond donors (Lipinski definition) is 4. The molecule has 0 atom stereocenters. The largest absolute Gasteiger partial charge is 0.369 e. The van der Waals surface area contributed by atoms with Crippen LogP contribution in [0, 0.1) is 23.3 Å². The monoisotopic (exact) mass is 339 g/mol. The van der Waals surface area contributed by atoms with Crippen molar-refractivity contribution in [1.82, 2.24) is 15.3 Å². The van der Waals surface area contributed by atoms with Gasteiger partial charge in [0.25, 0.3) is 0 Å². The Labute approximate surface area is 145 Å². The zero-order valence-corrected chi connectivity index (χ0v) is 13.8. The molecular weight excluding hydrogens is 318 g/mol. The summed E-state index contributed by atoms with van der Waals surface area (Å²) in [6.07, 6.45) is 8.72. The molecule has 1 saturated carbocycles. The highest BCUT2D eigenvalue weighted by molar-refractivity contribution is 6.00. The Morgan fingerprint density at radius 2 is 2.20 bits per heavy atom. The molecule has 1 aliphatic carbocycles. The first-order valence-corrected chi connectivity index (χ1v) is 8.36. The number of aromatic amines is 1. The van der Waals surface area contributed by atoms with E-state index in [0.29, 0.717) is 12.5 Å². The third-order valence-corrected chi connectivity index (χ3v) is 4.68. The van der Waals surface area contributed by atoms with Gasteiger partial charge in [-0.05, 0) is 43.7 Å². The lowest BCUT2D eigenvalue weighted by atomic mass is 9.81. The van der Waals surface area contributed by atoms with Crippen LogP contribution in [0.25, 0.3) is 11.0 Å². The maximum Gasteiger partial charge on any atom is 0.227 e. The second-order valence-corrected chi connectivity index (χ2v) is 6.28. The third-order valence-electron chi connectivity index (χ3n) is 4.68. The molecule has 5 N–H and O–H groups in total. The number of carbonyl (C=O) groups excluding carboxylic acids is 1. The van der Waals surface area contributed by atoms with Gasteiger partial charge in [-0.25, -0.2) is 4.98 Å². The molecule has 0 saturated heterocycles. The van der Waals surface area contributed by atoms with Gasteiger partial charge in [0.2, 0.25) is 18.1 Å². The van der Waals surface area contributed by atoms with Gasteiger partial charge in [-0.1, -0.05) is 0 Å². The summed E-state index contributed by atoms with van der Waals surface area (Å²) >= 11 is 0. The predicted octanol–water partition coefficient (Wildman–Crippen LogP) is 1.69. The van der Waals surface area contributed by atoms with Crippen molar-refractivity contribution in [2.75, 3.05) is 11.9 Å². The fraction of sp³-hybridized carbons (Fsp3) is 0.412. The summed E-state index contributed by atoms with van der Waals surface area (Å²) < 4.78 is 0. The fourth-order valence-corrected chi connectivity index (χ4v) is 3.28. The quantitative estimate of drug-likeness (QED) is 0.382. The molecule has 0 radical (unpaired) electrons. The molecule has 1 fully saturated rings. The van der Waals surface area contributed by atoms with Crippen molar-refractivity contribution in [2.45, 2.75) is 25.7 Å². The molecular formula is C17H21N7O. The zero-order valence-electron chi connectivity index (χ0n) is 13.8. The van der Waals surface area contributed by atoms with E-state index in [1.807, 2.05) is 18.3 Å². The number of hydrogen-bond acceptors (Lipinski definition) is 4. The van der Waals surface area contributed by atoms with Gasteiger partial charge in [-0.15, -0.1) is 4.99 Å². The van der Waals surface area contributed by atoms with Gasteiger partial charge in [0.05, 0.1) is 5.69 Å². The van der Waals surface area contributed by atoms with E-state index in [4.69, 9.17) is 11.0 Å². The summed E-state index contributed by atoms with van der Waals surface area (Å²) in [5.74, 6) is 0.665. The predicted molar refractivity (Wildman–Crippen MR) is 95.4 cm³/mol. The molecule has 25 heavy (non-hydrogen) atoms. The van der Waals surface area contributed by atoms with Gasteiger partial charge in [0.1, 0.15) is 5.65 Å². The smallest absolute Gasteiger partial charge is 0.227 e. The van der Waals surface area contributed by atoms with Gasteiger partial charge < -0.3 is 21.4 Å². The molecule has 2 heterocycles. The summed E-state index contributed by atoms with van der Waals surface area (Å²) in [5, 5.41) is 15.3. The number of pyridine rings is 1. The Hall–Kier alpha value is -3.08. The highest BCUT2D eigenvalue weighted by atomic mass is 16.1. The van der Waals surface area contributed by atoms with Crippen LogP contribution in [-0.2, 0) is 4.79 Å². The number of amides is 1. The van der Waals surface area contributed by atoms with Crippen molar-refractivity contribution < 1.29 is 4.79 Å². The Morgan fingerprint density at radius 3 is 2.96 bits per heavy atom. The number of nitrogens with two attached hydrogens (primary N) is 1. The van der Waals surface area contributed by atoms with Crippen LogP contribution in [0.5, 0.6) is 0 Å². The van der Waals surface area contributed by atoms with Gasteiger partial charge in [-0.2, -0.15) is 5.26 Å². The number of guanidine groups is 1. The lowest BCUT2D eigenvalue weighted by Crippen LogP contribution is -2.37. The summed E-state index contributed by atoms with van der Waals surface area (Å²) in [6.45, 7) is 0.680. The van der Waals surface area contributed by atoms with Crippen LogP contribution in [0.4, 0.5) is 5.69 Å². The van der Waals surface area contributed by atoms with Crippen molar-refractivity contribution in [3.8, 4) is 6.19 Å². The fourth-order valence-electron chi connectivity index (χ4n) is 3.28. The standard InChI is InChI=1S/C17H21N7O/c18-10-23-17(19)22-9-11-1-3-12(4-2-11)16(25)24-14-6-8-21-15-13(14)5-7-20-15/h5-8,11-12H,1-4,9H2,(H3,19,22,23)(H2,20,21,24,25)/t11-,12-. The third kappa shape index (κ3) is 4.07. The maximum absolute atomic E-state index is 12.6. The number of nitrogens with zero attached hydrogens (tertiary/aromatic N) is 3. The van der Waals surface area contributed by atoms with Crippen LogP contribution in [0.2, 0.25) is 0 Å². The van der Waals surface area contributed by atoms with Gasteiger partial charge >= 0.3 is 0 Å². The van der Waals surface area contributed by atoms with Crippen molar-refractivity contribution in [3.05, 3.63) is 24.5 Å². The number of aliphatic imine (C=N–C) groups is 1. The number of anilines is 1. The molecule has 2 aromatic rings. The van der Waals surface area contributed by atoms with Crippen molar-refractivity contribution in [3.63, 3.8) is 0 Å². The first kappa shape index (κ1) is 16.8. The Bertz CT molecular complexity index is 812. The molecule has 8 heteroatoms. The first-order chi connectivity index (χ1) is 12.2. The Balaban J connectivity index is 1.51. The van der Waals surface area contributed by atoms with Crippen molar-refractivity contribution in [2.24, 2.45) is 22.6 Å². The molecule has 0 aromatic carbocycles. The van der Waals surface area contributed by atoms with Crippen LogP contribution >= 0.6 is 0 Å². The number of nitrogens with one attached hydrogen (secondary N) is 3. The number of rotatable bonds is 4. The first-order valence-electron chi connectivity index (χ1n) is 8.36. The van der Waals surface area contributed by atoms with Crippen molar-refractivity contribution in [1.29, 1.82) is 5.26 Å². The summed E-state index contributed by atoms with van der Waals surface area (Å²) in [4.78, 5) is 23.3. The van der Waals surface area contributed by atoms with Crippen molar-refractivity contribution >= 4 is 28.6 Å². The minimum atomic E-state index is 0.0172. The average molecular weight is 339 g/mol. The average Bonchev–Trinajstić information content (AvgIpc) is 3.10. The highest BCUT2D eigenvalue weighted by Crippen LogP contribution is 2.30. The molecule has 0 spiro atoms. The van der Waals surface area contributed by atoms with E-state index in [2.05, 4.69) is 25.6 Å². The van der Waals surface area contributed by atoms with E-state index in [1.54, 1.807) is 12.4 Å². The van der Waals surface area contributed by atoms with E-state index in [0.717, 1.165) is 42.4 Å². The minimum Gasteiger partial charge on any atom is -0.369 e. The summed E-state index contributed by atoms with van der Waals surface area (Å²) in [6, 6.07) is 3.73. The van der Waals surface area contributed by atoms with Crippen LogP contribution < -0.4 is 16.4 Å². The number of fused-ring (bicyclic) bond motifs is 1. The maximum atomic E-state index is 12.6. The normalized spacial score (nSPS) is 20.8. The molecule has 2 aromatic heterocycles. The Kier molecular flexibility index (Phi) is 5.14. The lowest BCUT2D eigenvalue weighted by molar-refractivity contribution is -0.121. The second-order valence-electron chi connectivity index (χ2n) is 6.28. The molecule has 1 amide bonds. The number of nitriles is 1. The van der Waals surface area contributed by atoms with E-state index in [9.17, 15) is 4.79 Å². The van der Waals surface area contributed by atoms with Crippen LogP contribution in [-0.4, -0.2) is 28.4 Å². The zero-order chi connectivity index (χ0) is 17.6. The van der Waals surface area contributed by atoms with Gasteiger partial charge in [-0.3, -0.25) is 4.79 Å². The molecule has 1 aliphatic rings. The number of aromatic nitrogens is 2. The lowest BCUT2D eigenvalue weighted by Gasteiger charge is -2.28. The van der Waals surface area contributed by atoms with Crippen LogP contribution in [0.1, 0.15) is 25.7 Å². The van der Waals surface area contributed by atoms with E-state index < -0.39 is 0 Å². The Morgan fingerprint density at radius 1 is 1.40 bits per heavy atom. The summed E-state index contributed by atoms with van der Waals surface area (Å²) in [7, 11) is 0. The molecule has 0 bridgehead atoms. The molecule has 0 unspecified atom stereocenters. The van der Waals surface area contributed by atoms with E-state index in [-0.39, 0.29) is 17.8 Å². The SMILES string of the molecule is N#C/N=C(/N)NC[C@H]1CC[C@H](C(=O)Nc2ccnc3[nH]ccc23)CC1. The van der Waals surface area contributed by atoms with E-state index >= 15 is 0 Å². The second kappa shape index (κ2) is 7.66. The molecule has 8 nitrogen and oxygen atoms in total. The van der Waals surface area contributed by atoms with E-state index in [1.165, 1.54) is 0 Å².